The van der Waals surface area contributed by atoms with Crippen LogP contribution in [-0.4, -0.2) is 21.7 Å². The molecule has 0 radical (unpaired) electrons. The van der Waals surface area contributed by atoms with Crippen LogP contribution in [0.15, 0.2) is 23.1 Å². The molecule has 21 heavy (non-hydrogen) atoms. The van der Waals surface area contributed by atoms with Crippen molar-refractivity contribution in [2.45, 2.75) is 43.8 Å². The predicted octanol–water partition coefficient (Wildman–Crippen LogP) is 3.54. The molecule has 1 amide bonds. The number of anilines is 1. The Morgan fingerprint density at radius 1 is 1.29 bits per heavy atom. The summed E-state index contributed by atoms with van der Waals surface area (Å²) in [6.07, 6.45) is 0.443. The van der Waals surface area contributed by atoms with Gasteiger partial charge in [0.05, 0.1) is 11.8 Å². The Bertz CT molecular complexity index is 577. The Kier molecular flexibility index (Phi) is 4.33. The number of carboxylic acid groups (broad SMARTS) is 1. The van der Waals surface area contributed by atoms with Crippen LogP contribution in [0.2, 0.25) is 0 Å². The number of thioether (sulfide) groups is 1. The fourth-order valence-corrected chi connectivity index (χ4v) is 3.26. The van der Waals surface area contributed by atoms with Gasteiger partial charge in [-0.3, -0.25) is 9.59 Å². The maximum absolute atomic E-state index is 12.0. The van der Waals surface area contributed by atoms with Crippen molar-refractivity contribution in [3.8, 4) is 0 Å². The smallest absolute Gasteiger partial charge is 0.307 e. The van der Waals surface area contributed by atoms with Gasteiger partial charge in [0.15, 0.2) is 0 Å². The standard InChI is InChI=1S/C16H21NO3S/c1-9-7-10(21-16(2,3)4)5-6-13(9)17-14(18)11-8-12(11)15(19)20/h5-7,11-12H,8H2,1-4H3,(H,17,18)(H,19,20). The van der Waals surface area contributed by atoms with Crippen molar-refractivity contribution in [1.82, 2.24) is 0 Å². The third-order valence-electron chi connectivity index (χ3n) is 3.32. The van der Waals surface area contributed by atoms with E-state index in [1.54, 1.807) is 11.8 Å². The van der Waals surface area contributed by atoms with E-state index in [1.165, 1.54) is 0 Å². The number of nitrogens with one attached hydrogen (secondary N) is 1. The molecular formula is C16H21NO3S. The molecule has 2 unspecified atom stereocenters. The first-order valence-corrected chi connectivity index (χ1v) is 7.82. The molecule has 1 aliphatic rings. The van der Waals surface area contributed by atoms with Crippen LogP contribution in [0.3, 0.4) is 0 Å². The summed E-state index contributed by atoms with van der Waals surface area (Å²) in [4.78, 5) is 23.9. The number of carbonyl (C=O) groups excluding carboxylic acids is 1. The summed E-state index contributed by atoms with van der Waals surface area (Å²) in [6, 6.07) is 5.92. The molecule has 0 aromatic heterocycles. The van der Waals surface area contributed by atoms with Gasteiger partial charge in [0.25, 0.3) is 0 Å². The minimum absolute atomic E-state index is 0.139. The van der Waals surface area contributed by atoms with Crippen LogP contribution in [0, 0.1) is 18.8 Å². The Morgan fingerprint density at radius 2 is 1.95 bits per heavy atom. The largest absolute Gasteiger partial charge is 0.481 e. The highest BCUT2D eigenvalue weighted by Gasteiger charge is 2.48. The average molecular weight is 307 g/mol. The van der Waals surface area contributed by atoms with Crippen molar-refractivity contribution in [1.29, 1.82) is 0 Å². The third kappa shape index (κ3) is 4.24. The van der Waals surface area contributed by atoms with Crippen LogP contribution in [0.25, 0.3) is 0 Å². The van der Waals surface area contributed by atoms with Gasteiger partial charge < -0.3 is 10.4 Å². The lowest BCUT2D eigenvalue weighted by Crippen LogP contribution is -2.17. The Hall–Kier alpha value is -1.49. The Labute approximate surface area is 129 Å². The van der Waals surface area contributed by atoms with Gasteiger partial charge in [-0.2, -0.15) is 0 Å². The first-order valence-electron chi connectivity index (χ1n) is 7.01. The zero-order chi connectivity index (χ0) is 15.8. The maximum Gasteiger partial charge on any atom is 0.307 e. The van der Waals surface area contributed by atoms with E-state index in [0.29, 0.717) is 6.42 Å². The van der Waals surface area contributed by atoms with Crippen molar-refractivity contribution in [2.75, 3.05) is 5.32 Å². The summed E-state index contributed by atoms with van der Waals surface area (Å²) in [5, 5.41) is 11.7. The fourth-order valence-electron chi connectivity index (χ4n) is 2.18. The predicted molar refractivity (Wildman–Crippen MR) is 84.7 cm³/mol. The van der Waals surface area contributed by atoms with Crippen LogP contribution in [0.4, 0.5) is 5.69 Å². The summed E-state index contributed by atoms with van der Waals surface area (Å²) in [5.74, 6) is -1.97. The van der Waals surface area contributed by atoms with E-state index >= 15 is 0 Å². The van der Waals surface area contributed by atoms with Gasteiger partial charge in [-0.1, -0.05) is 20.8 Å². The van der Waals surface area contributed by atoms with Gasteiger partial charge in [-0.25, -0.2) is 0 Å². The van der Waals surface area contributed by atoms with Gasteiger partial charge in [0.2, 0.25) is 5.91 Å². The molecule has 1 aromatic rings. The minimum atomic E-state index is -0.885. The van der Waals surface area contributed by atoms with Gasteiger partial charge >= 0.3 is 5.97 Å². The molecule has 1 fully saturated rings. The zero-order valence-electron chi connectivity index (χ0n) is 12.8. The van der Waals surface area contributed by atoms with Crippen molar-refractivity contribution in [3.05, 3.63) is 23.8 Å². The highest BCUT2D eigenvalue weighted by molar-refractivity contribution is 8.00. The molecule has 1 aliphatic carbocycles. The van der Waals surface area contributed by atoms with Crippen molar-refractivity contribution in [2.24, 2.45) is 11.8 Å². The quantitative estimate of drug-likeness (QED) is 0.835. The fraction of sp³-hybridized carbons (Fsp3) is 0.500. The molecule has 4 nitrogen and oxygen atoms in total. The third-order valence-corrected chi connectivity index (χ3v) is 4.43. The summed E-state index contributed by atoms with van der Waals surface area (Å²) in [5.41, 5.74) is 1.75. The number of aryl methyl sites for hydroxylation is 1. The number of hydrogen-bond donors (Lipinski definition) is 2. The molecule has 2 N–H and O–H groups in total. The van der Waals surface area contributed by atoms with E-state index in [4.69, 9.17) is 5.11 Å². The van der Waals surface area contributed by atoms with Crippen LogP contribution in [0.5, 0.6) is 0 Å². The minimum Gasteiger partial charge on any atom is -0.481 e. The SMILES string of the molecule is Cc1cc(SC(C)(C)C)ccc1NC(=O)C1CC1C(=O)O. The summed E-state index contributed by atoms with van der Waals surface area (Å²) in [7, 11) is 0. The van der Waals surface area contributed by atoms with Gasteiger partial charge in [-0.05, 0) is 37.1 Å². The second kappa shape index (κ2) is 5.72. The number of carbonyl (C=O) groups is 2. The van der Waals surface area contributed by atoms with Gasteiger partial charge in [0, 0.05) is 15.3 Å². The lowest BCUT2D eigenvalue weighted by molar-refractivity contribution is -0.139. The molecule has 1 saturated carbocycles. The highest BCUT2D eigenvalue weighted by Crippen LogP contribution is 2.40. The number of carboxylic acids is 1. The zero-order valence-corrected chi connectivity index (χ0v) is 13.6. The highest BCUT2D eigenvalue weighted by atomic mass is 32.2. The van der Waals surface area contributed by atoms with Crippen molar-refractivity contribution < 1.29 is 14.7 Å². The first-order chi connectivity index (χ1) is 9.67. The molecule has 114 valence electrons. The van der Waals surface area contributed by atoms with Crippen LogP contribution in [0.1, 0.15) is 32.8 Å². The molecule has 0 heterocycles. The molecule has 0 spiro atoms. The lowest BCUT2D eigenvalue weighted by Gasteiger charge is -2.18. The molecule has 2 atom stereocenters. The van der Waals surface area contributed by atoms with Crippen molar-refractivity contribution in [3.63, 3.8) is 0 Å². The second-order valence-electron chi connectivity index (χ2n) is 6.47. The Morgan fingerprint density at radius 3 is 2.43 bits per heavy atom. The van der Waals surface area contributed by atoms with E-state index in [2.05, 4.69) is 26.1 Å². The van der Waals surface area contributed by atoms with E-state index in [1.807, 2.05) is 25.1 Å². The van der Waals surface area contributed by atoms with Crippen LogP contribution < -0.4 is 5.32 Å². The normalized spacial score (nSPS) is 21.0. The lowest BCUT2D eigenvalue weighted by atomic mass is 10.2. The molecular weight excluding hydrogens is 286 g/mol. The second-order valence-corrected chi connectivity index (χ2v) is 8.37. The summed E-state index contributed by atoms with van der Waals surface area (Å²) in [6.45, 7) is 8.41. The molecule has 0 bridgehead atoms. The van der Waals surface area contributed by atoms with E-state index < -0.39 is 11.9 Å². The molecule has 1 aromatic carbocycles. The van der Waals surface area contributed by atoms with E-state index in [0.717, 1.165) is 16.1 Å². The Balaban J connectivity index is 2.02. The van der Waals surface area contributed by atoms with Crippen LogP contribution >= 0.6 is 11.8 Å². The number of benzene rings is 1. The van der Waals surface area contributed by atoms with E-state index in [9.17, 15) is 9.59 Å². The van der Waals surface area contributed by atoms with Crippen LogP contribution in [-0.2, 0) is 9.59 Å². The topological polar surface area (TPSA) is 66.4 Å². The monoisotopic (exact) mass is 307 g/mol. The molecule has 0 aliphatic heterocycles. The number of aliphatic carboxylic acids is 1. The van der Waals surface area contributed by atoms with E-state index in [-0.39, 0.29) is 16.6 Å². The summed E-state index contributed by atoms with van der Waals surface area (Å²) < 4.78 is 0.139. The first kappa shape index (κ1) is 15.9. The number of rotatable bonds is 4. The molecule has 5 heteroatoms. The maximum atomic E-state index is 12.0. The number of amides is 1. The molecule has 2 rings (SSSR count). The molecule has 0 saturated heterocycles. The average Bonchev–Trinajstić information content (AvgIpc) is 3.10. The van der Waals surface area contributed by atoms with Crippen molar-refractivity contribution >= 4 is 29.3 Å². The number of hydrogen-bond acceptors (Lipinski definition) is 3. The summed E-state index contributed by atoms with van der Waals surface area (Å²) >= 11 is 1.78. The van der Waals surface area contributed by atoms with Gasteiger partial charge in [0.1, 0.15) is 0 Å². The van der Waals surface area contributed by atoms with Gasteiger partial charge in [-0.15, -0.1) is 11.8 Å².